The Morgan fingerprint density at radius 2 is 1.90 bits per heavy atom. The van der Waals surface area contributed by atoms with E-state index >= 15 is 0 Å². The second-order valence-electron chi connectivity index (χ2n) is 11.6. The maximum absolute atomic E-state index is 13.3. The fourth-order valence-electron chi connectivity index (χ4n) is 8.81. The van der Waals surface area contributed by atoms with E-state index in [0.717, 1.165) is 43.1 Å². The lowest BCUT2D eigenvalue weighted by Crippen LogP contribution is -2.56. The summed E-state index contributed by atoms with van der Waals surface area (Å²) in [5, 5.41) is 5.05. The maximum Gasteiger partial charge on any atom is 0.157 e. The Kier molecular flexibility index (Phi) is 6.43. The van der Waals surface area contributed by atoms with Crippen molar-refractivity contribution in [3.8, 4) is 0 Å². The van der Waals surface area contributed by atoms with E-state index in [1.165, 1.54) is 50.0 Å². The van der Waals surface area contributed by atoms with Gasteiger partial charge in [-0.3, -0.25) is 9.80 Å². The van der Waals surface area contributed by atoms with Crippen molar-refractivity contribution in [2.75, 3.05) is 20.3 Å². The summed E-state index contributed by atoms with van der Waals surface area (Å²) in [5.74, 6) is 16.1. The number of ketones is 1. The molecule has 0 heterocycles. The third kappa shape index (κ3) is 3.72. The second kappa shape index (κ2) is 8.66. The van der Waals surface area contributed by atoms with E-state index in [0.29, 0.717) is 17.2 Å². The first-order valence-corrected chi connectivity index (χ1v) is 12.5. The van der Waals surface area contributed by atoms with E-state index in [9.17, 15) is 4.79 Å². The van der Waals surface area contributed by atoms with Crippen LogP contribution >= 0.6 is 0 Å². The van der Waals surface area contributed by atoms with Crippen molar-refractivity contribution in [2.24, 2.45) is 63.1 Å². The second-order valence-corrected chi connectivity index (χ2v) is 11.6. The van der Waals surface area contributed by atoms with E-state index in [-0.39, 0.29) is 23.7 Å². The molecular weight excluding hydrogens is 388 g/mol. The summed E-state index contributed by atoms with van der Waals surface area (Å²) in [7, 11) is 1.90. The van der Waals surface area contributed by atoms with Gasteiger partial charge in [0, 0.05) is 13.0 Å². The molecule has 0 radical (unpaired) electrons. The molecule has 4 aliphatic rings. The minimum Gasteiger partial charge on any atom is -0.384 e. The molecule has 0 amide bonds. The molecule has 0 aliphatic heterocycles. The summed E-state index contributed by atoms with van der Waals surface area (Å²) in [6, 6.07) is 0. The van der Waals surface area contributed by atoms with Crippen molar-refractivity contribution in [2.45, 2.75) is 78.6 Å². The number of Topliss-reactive ketones (excluding diaryl/α,β-unsaturated/α-hetero) is 1. The number of nitrogens with zero attached hydrogens (tertiary/aromatic N) is 2. The first-order valence-electron chi connectivity index (χ1n) is 12.5. The van der Waals surface area contributed by atoms with Gasteiger partial charge in [0.2, 0.25) is 0 Å². The normalized spacial score (nSPS) is 44.9. The van der Waals surface area contributed by atoms with Gasteiger partial charge < -0.3 is 10.6 Å². The molecule has 4 rings (SSSR count). The highest BCUT2D eigenvalue weighted by Crippen LogP contribution is 2.68. The number of hydrazone groups is 1. The number of rotatable bonds is 5. The molecule has 0 aromatic heterocycles. The lowest BCUT2D eigenvalue weighted by atomic mass is 9.44. The van der Waals surface area contributed by atoms with Crippen molar-refractivity contribution >= 4 is 11.6 Å². The summed E-state index contributed by atoms with van der Waals surface area (Å²) >= 11 is 0. The van der Waals surface area contributed by atoms with Crippen LogP contribution in [0.3, 0.4) is 0 Å². The highest BCUT2D eigenvalue weighted by atomic mass is 16.5. The van der Waals surface area contributed by atoms with Crippen LogP contribution in [0.1, 0.15) is 78.6 Å². The van der Waals surface area contributed by atoms with Crippen LogP contribution in [-0.4, -0.2) is 36.9 Å². The van der Waals surface area contributed by atoms with E-state index in [2.05, 4.69) is 18.9 Å². The first-order chi connectivity index (χ1) is 14.8. The van der Waals surface area contributed by atoms with E-state index in [1.807, 2.05) is 7.11 Å². The van der Waals surface area contributed by atoms with Gasteiger partial charge >= 0.3 is 0 Å². The number of carbonyl (C=O) groups excluding carboxylic acids is 1. The molecule has 6 heteroatoms. The quantitative estimate of drug-likeness (QED) is 0.297. The van der Waals surface area contributed by atoms with Crippen molar-refractivity contribution in [1.82, 2.24) is 5.01 Å². The summed E-state index contributed by atoms with van der Waals surface area (Å²) in [6.45, 7) is 7.73. The van der Waals surface area contributed by atoms with Crippen LogP contribution < -0.4 is 11.7 Å². The predicted molar refractivity (Wildman–Crippen MR) is 124 cm³/mol. The Hall–Kier alpha value is -1.14. The lowest BCUT2D eigenvalue weighted by molar-refractivity contribution is -0.154. The molecule has 8 atom stereocenters. The zero-order valence-electron chi connectivity index (χ0n) is 20.1. The Bertz CT molecular complexity index is 712. The Morgan fingerprint density at radius 3 is 2.61 bits per heavy atom. The van der Waals surface area contributed by atoms with E-state index in [4.69, 9.17) is 16.4 Å². The average molecular weight is 433 g/mol. The van der Waals surface area contributed by atoms with Crippen molar-refractivity contribution in [1.29, 1.82) is 0 Å². The van der Waals surface area contributed by atoms with E-state index < -0.39 is 0 Å². The number of hydrogen-bond donors (Lipinski definition) is 2. The lowest BCUT2D eigenvalue weighted by Gasteiger charge is -2.62. The smallest absolute Gasteiger partial charge is 0.157 e. The monoisotopic (exact) mass is 432 g/mol. The Morgan fingerprint density at radius 1 is 1.13 bits per heavy atom. The minimum absolute atomic E-state index is 0.107. The number of amidine groups is 1. The van der Waals surface area contributed by atoms with E-state index in [1.54, 1.807) is 6.92 Å². The number of fused-ring (bicyclic) bond motifs is 5. The molecule has 0 saturated heterocycles. The summed E-state index contributed by atoms with van der Waals surface area (Å²) in [6.07, 6.45) is 11.4. The van der Waals surface area contributed by atoms with Gasteiger partial charge in [0.1, 0.15) is 5.84 Å². The van der Waals surface area contributed by atoms with Crippen LogP contribution in [0.2, 0.25) is 0 Å². The third-order valence-electron chi connectivity index (χ3n) is 10.4. The van der Waals surface area contributed by atoms with Crippen LogP contribution in [-0.2, 0) is 9.53 Å². The molecule has 8 unspecified atom stereocenters. The largest absolute Gasteiger partial charge is 0.384 e. The third-order valence-corrected chi connectivity index (χ3v) is 10.4. The highest BCUT2D eigenvalue weighted by molar-refractivity contribution is 5.89. The zero-order valence-corrected chi connectivity index (χ0v) is 20.1. The molecule has 6 nitrogen and oxygen atoms in total. The summed E-state index contributed by atoms with van der Waals surface area (Å²) < 4.78 is 5.90. The summed E-state index contributed by atoms with van der Waals surface area (Å²) in [4.78, 5) is 13.3. The van der Waals surface area contributed by atoms with Crippen molar-refractivity contribution in [3.05, 3.63) is 0 Å². The fourth-order valence-corrected chi connectivity index (χ4v) is 8.81. The molecule has 4 saturated carbocycles. The number of carbonyl (C=O) groups is 1. The van der Waals surface area contributed by atoms with Crippen LogP contribution in [0.25, 0.3) is 0 Å². The van der Waals surface area contributed by atoms with Crippen LogP contribution in [0.4, 0.5) is 0 Å². The summed E-state index contributed by atoms with van der Waals surface area (Å²) in [5.41, 5.74) is 0.478. The zero-order chi connectivity index (χ0) is 22.4. The van der Waals surface area contributed by atoms with Crippen LogP contribution in [0, 0.1) is 46.3 Å². The van der Waals surface area contributed by atoms with Crippen molar-refractivity contribution < 1.29 is 9.53 Å². The number of nitrogens with two attached hydrogens (primary N) is 2. The topological polar surface area (TPSA) is 93.9 Å². The van der Waals surface area contributed by atoms with Crippen LogP contribution in [0.5, 0.6) is 0 Å². The minimum atomic E-state index is 0.107. The molecule has 176 valence electrons. The maximum atomic E-state index is 13.3. The molecule has 31 heavy (non-hydrogen) atoms. The number of hydrogen-bond acceptors (Lipinski definition) is 5. The SMILES string of the molecule is COCC12CCC(C)CC1CCC1C3CCC(C(=O)CN(N)/C(C)=N\N)C3(C)CCC12. The molecule has 0 spiro atoms. The fraction of sp³-hybridized carbons (Fsp3) is 0.920. The van der Waals surface area contributed by atoms with Crippen molar-refractivity contribution in [3.63, 3.8) is 0 Å². The molecule has 4 fully saturated rings. The van der Waals surface area contributed by atoms with Gasteiger partial charge in [0.15, 0.2) is 5.78 Å². The number of methoxy groups -OCH3 is 1. The first kappa shape index (κ1) is 23.0. The molecule has 4 aliphatic carbocycles. The molecule has 0 bridgehead atoms. The van der Waals surface area contributed by atoms with Gasteiger partial charge in [-0.25, -0.2) is 5.84 Å². The van der Waals surface area contributed by atoms with Crippen LogP contribution in [0.15, 0.2) is 5.10 Å². The van der Waals surface area contributed by atoms with Gasteiger partial charge in [-0.2, -0.15) is 5.10 Å². The molecule has 4 N–H and O–H groups in total. The Labute approximate surface area is 188 Å². The molecule has 0 aromatic rings. The van der Waals surface area contributed by atoms with Gasteiger partial charge in [-0.15, -0.1) is 0 Å². The Balaban J connectivity index is 1.54. The number of hydrazine groups is 1. The van der Waals surface area contributed by atoms with Gasteiger partial charge in [0.05, 0.1) is 13.2 Å². The highest BCUT2D eigenvalue weighted by Gasteiger charge is 2.62. The average Bonchev–Trinajstić information content (AvgIpc) is 3.10. The predicted octanol–water partition coefficient (Wildman–Crippen LogP) is 3.94. The van der Waals surface area contributed by atoms with Gasteiger partial charge in [-0.05, 0) is 98.7 Å². The van der Waals surface area contributed by atoms with Gasteiger partial charge in [0.25, 0.3) is 0 Å². The number of ether oxygens (including phenoxy) is 1. The van der Waals surface area contributed by atoms with Gasteiger partial charge in [-0.1, -0.05) is 20.3 Å². The molecule has 0 aromatic carbocycles. The standard InChI is InChI=1S/C25H44N4O2/c1-16-9-12-25(15-31-4)18(13-16)5-6-19-20-7-8-22(24(20,3)11-10-21(19)25)23(30)14-29(27)17(2)28-26/h16,18-22H,5-15,26-27H2,1-4H3/b28-17-. The molecular formula is C25H44N4O2.